The molecule has 0 aliphatic carbocycles. The fourth-order valence-corrected chi connectivity index (χ4v) is 3.67. The second-order valence-corrected chi connectivity index (χ2v) is 6.36. The van der Waals surface area contributed by atoms with Crippen LogP contribution in [0.25, 0.3) is 0 Å². The van der Waals surface area contributed by atoms with Crippen molar-refractivity contribution in [3.8, 4) is 0 Å². The average molecular weight is 288 g/mol. The Morgan fingerprint density at radius 3 is 2.95 bits per heavy atom. The number of rotatable bonds is 3. The molecule has 3 nitrogen and oxygen atoms in total. The maximum Gasteiger partial charge on any atom is 0.226 e. The van der Waals surface area contributed by atoms with E-state index in [4.69, 9.17) is 0 Å². The van der Waals surface area contributed by atoms with Crippen LogP contribution in [0, 0.1) is 5.92 Å². The Bertz CT molecular complexity index is 587. The fraction of sp³-hybridized carbons (Fsp3) is 0.438. The van der Waals surface area contributed by atoms with Gasteiger partial charge in [-0.1, -0.05) is 19.9 Å². The van der Waals surface area contributed by atoms with Crippen LogP contribution in [0.1, 0.15) is 36.9 Å². The number of carbonyl (C=O) groups excluding carboxylic acids is 1. The normalized spacial score (nSPS) is 19.7. The van der Waals surface area contributed by atoms with Crippen molar-refractivity contribution >= 4 is 17.2 Å². The zero-order valence-corrected chi connectivity index (χ0v) is 12.8. The molecule has 3 heterocycles. The summed E-state index contributed by atoms with van der Waals surface area (Å²) in [5.41, 5.74) is 1.23. The summed E-state index contributed by atoms with van der Waals surface area (Å²) in [6, 6.07) is 8.50. The number of aromatic nitrogens is 1. The van der Waals surface area contributed by atoms with Crippen LogP contribution in [-0.2, 0) is 11.3 Å². The third-order valence-corrected chi connectivity index (χ3v) is 5.09. The minimum Gasteiger partial charge on any atom is -0.347 e. The van der Waals surface area contributed by atoms with E-state index in [1.807, 2.05) is 6.92 Å². The van der Waals surface area contributed by atoms with E-state index in [0.29, 0.717) is 0 Å². The third kappa shape index (κ3) is 2.18. The molecule has 2 aromatic rings. The number of amides is 1. The van der Waals surface area contributed by atoms with E-state index in [9.17, 15) is 4.79 Å². The fourth-order valence-electron chi connectivity index (χ4n) is 2.82. The summed E-state index contributed by atoms with van der Waals surface area (Å²) in [5, 5.41) is 2.09. The molecule has 0 bridgehead atoms. The number of hydrogen-bond donors (Lipinski definition) is 0. The van der Waals surface area contributed by atoms with E-state index in [0.717, 1.165) is 19.5 Å². The van der Waals surface area contributed by atoms with E-state index >= 15 is 0 Å². The van der Waals surface area contributed by atoms with Gasteiger partial charge in [0.1, 0.15) is 6.04 Å². The van der Waals surface area contributed by atoms with Crippen molar-refractivity contribution in [1.29, 1.82) is 0 Å². The SMILES string of the molecule is CC[C@@H](C)C(=O)N1CCn2cccc2[C@@H]1c1cccs1. The van der Waals surface area contributed by atoms with Gasteiger partial charge in [-0.2, -0.15) is 0 Å². The number of hydrogen-bond acceptors (Lipinski definition) is 2. The van der Waals surface area contributed by atoms with Gasteiger partial charge in [-0.15, -0.1) is 11.3 Å². The average Bonchev–Trinajstić information content (AvgIpc) is 3.15. The van der Waals surface area contributed by atoms with E-state index in [2.05, 4.69) is 52.2 Å². The highest BCUT2D eigenvalue weighted by Crippen LogP contribution is 2.35. The van der Waals surface area contributed by atoms with Crippen molar-refractivity contribution in [2.45, 2.75) is 32.9 Å². The van der Waals surface area contributed by atoms with Crippen molar-refractivity contribution in [2.75, 3.05) is 6.54 Å². The number of fused-ring (bicyclic) bond motifs is 1. The third-order valence-electron chi connectivity index (χ3n) is 4.17. The Kier molecular flexibility index (Phi) is 3.66. The molecule has 0 saturated carbocycles. The molecule has 0 saturated heterocycles. The lowest BCUT2D eigenvalue weighted by Crippen LogP contribution is -2.44. The maximum absolute atomic E-state index is 12.7. The number of carbonyl (C=O) groups is 1. The Balaban J connectivity index is 2.00. The molecule has 0 unspecified atom stereocenters. The van der Waals surface area contributed by atoms with E-state index < -0.39 is 0 Å². The van der Waals surface area contributed by atoms with Crippen LogP contribution >= 0.6 is 11.3 Å². The predicted molar refractivity (Wildman–Crippen MR) is 81.8 cm³/mol. The molecule has 0 N–H and O–H groups in total. The Hall–Kier alpha value is -1.55. The molecule has 2 aromatic heterocycles. The van der Waals surface area contributed by atoms with Crippen molar-refractivity contribution in [2.24, 2.45) is 5.92 Å². The Morgan fingerprint density at radius 1 is 1.40 bits per heavy atom. The molecule has 1 aliphatic heterocycles. The van der Waals surface area contributed by atoms with Gasteiger partial charge in [-0.25, -0.2) is 0 Å². The first-order valence-electron chi connectivity index (χ1n) is 7.21. The van der Waals surface area contributed by atoms with Gasteiger partial charge in [0, 0.05) is 35.8 Å². The molecule has 1 aliphatic rings. The van der Waals surface area contributed by atoms with Crippen LogP contribution in [0.4, 0.5) is 0 Å². The quantitative estimate of drug-likeness (QED) is 0.848. The zero-order valence-electron chi connectivity index (χ0n) is 12.0. The molecule has 20 heavy (non-hydrogen) atoms. The van der Waals surface area contributed by atoms with Gasteiger partial charge < -0.3 is 9.47 Å². The summed E-state index contributed by atoms with van der Waals surface area (Å²) < 4.78 is 2.27. The zero-order chi connectivity index (χ0) is 14.1. The predicted octanol–water partition coefficient (Wildman–Crippen LogP) is 3.53. The Morgan fingerprint density at radius 2 is 2.25 bits per heavy atom. The van der Waals surface area contributed by atoms with Crippen LogP contribution in [0.15, 0.2) is 35.8 Å². The van der Waals surface area contributed by atoms with Gasteiger partial charge in [0.2, 0.25) is 5.91 Å². The highest BCUT2D eigenvalue weighted by atomic mass is 32.1. The molecule has 0 fully saturated rings. The van der Waals surface area contributed by atoms with Gasteiger partial charge in [0.25, 0.3) is 0 Å². The summed E-state index contributed by atoms with van der Waals surface area (Å²) in [6.07, 6.45) is 3.01. The Labute approximate surface area is 123 Å². The molecule has 0 radical (unpaired) electrons. The van der Waals surface area contributed by atoms with Crippen LogP contribution in [0.5, 0.6) is 0 Å². The minimum atomic E-state index is 0.0836. The summed E-state index contributed by atoms with van der Waals surface area (Å²) in [4.78, 5) is 16.0. The highest BCUT2D eigenvalue weighted by Gasteiger charge is 2.34. The highest BCUT2D eigenvalue weighted by molar-refractivity contribution is 7.10. The van der Waals surface area contributed by atoms with Crippen molar-refractivity contribution in [3.05, 3.63) is 46.4 Å². The standard InChI is InChI=1S/C16H20N2OS/c1-3-12(2)16(19)18-10-9-17-8-4-6-13(17)15(18)14-7-5-11-20-14/h4-8,11-12,15H,3,9-10H2,1-2H3/t12-,15-/m1/s1. The maximum atomic E-state index is 12.7. The molecule has 0 spiro atoms. The molecule has 0 aromatic carbocycles. The molecule has 2 atom stereocenters. The lowest BCUT2D eigenvalue weighted by atomic mass is 10.0. The number of thiophene rings is 1. The van der Waals surface area contributed by atoms with Crippen LogP contribution < -0.4 is 0 Å². The van der Waals surface area contributed by atoms with Gasteiger partial charge in [0.15, 0.2) is 0 Å². The summed E-state index contributed by atoms with van der Waals surface area (Å²) in [5.74, 6) is 0.373. The topological polar surface area (TPSA) is 25.2 Å². The van der Waals surface area contributed by atoms with Crippen molar-refractivity contribution in [1.82, 2.24) is 9.47 Å². The lowest BCUT2D eigenvalue weighted by molar-refractivity contribution is -0.137. The van der Waals surface area contributed by atoms with Gasteiger partial charge in [-0.3, -0.25) is 4.79 Å². The van der Waals surface area contributed by atoms with Crippen molar-refractivity contribution in [3.63, 3.8) is 0 Å². The summed E-state index contributed by atoms with van der Waals surface area (Å²) in [6.45, 7) is 5.80. The number of nitrogens with zero attached hydrogens (tertiary/aromatic N) is 2. The first-order valence-corrected chi connectivity index (χ1v) is 8.09. The van der Waals surface area contributed by atoms with Gasteiger partial charge in [0.05, 0.1) is 0 Å². The molecule has 3 rings (SSSR count). The molecule has 106 valence electrons. The molecular weight excluding hydrogens is 268 g/mol. The monoisotopic (exact) mass is 288 g/mol. The second-order valence-electron chi connectivity index (χ2n) is 5.39. The molecule has 1 amide bonds. The van der Waals surface area contributed by atoms with Gasteiger partial charge in [-0.05, 0) is 30.0 Å². The summed E-state index contributed by atoms with van der Waals surface area (Å²) in [7, 11) is 0. The summed E-state index contributed by atoms with van der Waals surface area (Å²) >= 11 is 1.73. The van der Waals surface area contributed by atoms with Crippen LogP contribution in [0.2, 0.25) is 0 Å². The van der Waals surface area contributed by atoms with E-state index in [-0.39, 0.29) is 17.9 Å². The smallest absolute Gasteiger partial charge is 0.226 e. The van der Waals surface area contributed by atoms with E-state index in [1.54, 1.807) is 11.3 Å². The first-order chi connectivity index (χ1) is 9.72. The molecular formula is C16H20N2OS. The van der Waals surface area contributed by atoms with Crippen LogP contribution in [0.3, 0.4) is 0 Å². The van der Waals surface area contributed by atoms with Crippen LogP contribution in [-0.4, -0.2) is 21.9 Å². The lowest BCUT2D eigenvalue weighted by Gasteiger charge is -2.38. The van der Waals surface area contributed by atoms with Gasteiger partial charge >= 0.3 is 0 Å². The minimum absolute atomic E-state index is 0.0836. The second kappa shape index (κ2) is 5.44. The van der Waals surface area contributed by atoms with E-state index in [1.165, 1.54) is 10.6 Å². The first kappa shape index (κ1) is 13.4. The van der Waals surface area contributed by atoms with Crippen molar-refractivity contribution < 1.29 is 4.79 Å². The largest absolute Gasteiger partial charge is 0.347 e. The molecule has 4 heteroatoms.